The van der Waals surface area contributed by atoms with E-state index in [4.69, 9.17) is 4.74 Å². The third kappa shape index (κ3) is 5.34. The molecule has 6 heteroatoms. The molecule has 2 aliphatic rings. The molecule has 0 bridgehead atoms. The average Bonchev–Trinajstić information content (AvgIpc) is 2.65. The third-order valence-corrected chi connectivity index (χ3v) is 7.18. The van der Waals surface area contributed by atoms with Crippen molar-refractivity contribution in [1.29, 1.82) is 0 Å². The Morgan fingerprint density at radius 1 is 1.26 bits per heavy atom. The van der Waals surface area contributed by atoms with E-state index in [-0.39, 0.29) is 17.6 Å². The van der Waals surface area contributed by atoms with Crippen molar-refractivity contribution in [2.75, 3.05) is 6.61 Å². The molecule has 1 aromatic carbocycles. The second-order valence-corrected chi connectivity index (χ2v) is 10.4. The first-order chi connectivity index (χ1) is 14.5. The molecule has 3 rings (SSSR count). The van der Waals surface area contributed by atoms with E-state index >= 15 is 0 Å². The highest BCUT2D eigenvalue weighted by molar-refractivity contribution is 5.54. The highest BCUT2D eigenvalue weighted by Crippen LogP contribution is 2.54. The minimum atomic E-state index is -0.734. The molecule has 2 atom stereocenters. The van der Waals surface area contributed by atoms with E-state index in [9.17, 15) is 15.2 Å². The number of phenols is 1. The van der Waals surface area contributed by atoms with E-state index in [1.165, 1.54) is 5.57 Å². The van der Waals surface area contributed by atoms with Crippen LogP contribution in [0, 0.1) is 16.0 Å². The summed E-state index contributed by atoms with van der Waals surface area (Å²) in [5, 5.41) is 20.5. The van der Waals surface area contributed by atoms with E-state index in [1.54, 1.807) is 0 Å². The number of ether oxygens (including phenoxy) is 1. The molecule has 1 aliphatic carbocycles. The Bertz CT molecular complexity index is 843. The first-order valence-corrected chi connectivity index (χ1v) is 11.5. The van der Waals surface area contributed by atoms with Gasteiger partial charge < -0.3 is 14.7 Å². The quantitative estimate of drug-likeness (QED) is 0.211. The summed E-state index contributed by atoms with van der Waals surface area (Å²) < 4.78 is 6.47. The van der Waals surface area contributed by atoms with Crippen LogP contribution >= 0.6 is 0 Å². The Hall–Kier alpha value is -2.24. The lowest BCUT2D eigenvalue weighted by atomic mass is 9.66. The largest absolute Gasteiger partial charge is 0.508 e. The Morgan fingerprint density at radius 2 is 1.97 bits per heavy atom. The van der Waals surface area contributed by atoms with Gasteiger partial charge in [0.15, 0.2) is 0 Å². The Labute approximate surface area is 185 Å². The molecular weight excluding hydrogens is 394 g/mol. The summed E-state index contributed by atoms with van der Waals surface area (Å²) in [5.74, 6) is 1.86. The van der Waals surface area contributed by atoms with Crippen LogP contribution in [0.3, 0.4) is 0 Å². The van der Waals surface area contributed by atoms with Crippen LogP contribution in [-0.2, 0) is 10.3 Å². The van der Waals surface area contributed by atoms with Crippen LogP contribution in [0.2, 0.25) is 0 Å². The maximum atomic E-state index is 11.0. The maximum absolute atomic E-state index is 11.0. The molecule has 0 fully saturated rings. The Morgan fingerprint density at radius 3 is 2.68 bits per heavy atom. The molecule has 1 N–H and O–H groups in total. The molecule has 1 heterocycles. The molecule has 0 unspecified atom stereocenters. The lowest BCUT2D eigenvalue weighted by molar-refractivity contribution is -0.757. The van der Waals surface area contributed by atoms with Crippen LogP contribution in [0.4, 0.5) is 0 Å². The number of phenolic OH excluding ortho intramolecular Hbond substituents is 1. The standard InChI is InChI=1S/C25H37NO5/c1-17-10-11-20-19(14-17)23-21(27)15-18(16-22(23)31-25(20,4)5)24(2,3)12-8-6-7-9-13-30-26(28)29/h10,15-16,19-20,27H,6-9,11-14H2,1-5H3/t19-,20-/m1/s1. The first kappa shape index (κ1) is 23.4. The fourth-order valence-corrected chi connectivity index (χ4v) is 5.26. The molecule has 0 saturated carbocycles. The minimum Gasteiger partial charge on any atom is -0.508 e. The monoisotopic (exact) mass is 431 g/mol. The lowest BCUT2D eigenvalue weighted by Crippen LogP contribution is -2.45. The molecule has 0 aromatic heterocycles. The number of nitrogens with zero attached hydrogens (tertiary/aromatic N) is 1. The summed E-state index contributed by atoms with van der Waals surface area (Å²) in [6.07, 6.45) is 8.87. The molecular formula is C25H37NO5. The van der Waals surface area contributed by atoms with Gasteiger partial charge in [0.2, 0.25) is 0 Å². The van der Waals surface area contributed by atoms with E-state index in [1.807, 2.05) is 6.07 Å². The smallest absolute Gasteiger partial charge is 0.294 e. The summed E-state index contributed by atoms with van der Waals surface area (Å²) in [4.78, 5) is 14.6. The predicted octanol–water partition coefficient (Wildman–Crippen LogP) is 6.44. The molecule has 31 heavy (non-hydrogen) atoms. The molecule has 0 spiro atoms. The number of rotatable bonds is 9. The van der Waals surface area contributed by atoms with Crippen molar-refractivity contribution in [2.24, 2.45) is 5.92 Å². The first-order valence-electron chi connectivity index (χ1n) is 11.5. The number of fused-ring (bicyclic) bond motifs is 3. The molecule has 0 radical (unpaired) electrons. The Kier molecular flexibility index (Phi) is 6.87. The van der Waals surface area contributed by atoms with Gasteiger partial charge in [-0.3, -0.25) is 0 Å². The summed E-state index contributed by atoms with van der Waals surface area (Å²) in [5.41, 5.74) is 3.09. The van der Waals surface area contributed by atoms with Gasteiger partial charge in [0, 0.05) is 17.4 Å². The molecule has 0 amide bonds. The molecule has 1 aromatic rings. The molecule has 0 saturated heterocycles. The zero-order valence-electron chi connectivity index (χ0n) is 19.6. The molecule has 172 valence electrons. The van der Waals surface area contributed by atoms with Crippen molar-refractivity contribution in [1.82, 2.24) is 0 Å². The van der Waals surface area contributed by atoms with Gasteiger partial charge in [-0.05, 0) is 69.6 Å². The van der Waals surface area contributed by atoms with E-state index in [2.05, 4.69) is 51.6 Å². The van der Waals surface area contributed by atoms with Gasteiger partial charge in [-0.25, -0.2) is 0 Å². The zero-order valence-corrected chi connectivity index (χ0v) is 19.6. The van der Waals surface area contributed by atoms with Crippen molar-refractivity contribution < 1.29 is 19.8 Å². The van der Waals surface area contributed by atoms with Crippen molar-refractivity contribution >= 4 is 0 Å². The van der Waals surface area contributed by atoms with E-state index in [0.29, 0.717) is 24.0 Å². The van der Waals surface area contributed by atoms with Gasteiger partial charge in [0.1, 0.15) is 17.1 Å². The van der Waals surface area contributed by atoms with Crippen molar-refractivity contribution in [3.63, 3.8) is 0 Å². The number of benzene rings is 1. The summed E-state index contributed by atoms with van der Waals surface area (Å²) in [7, 11) is 0. The average molecular weight is 432 g/mol. The van der Waals surface area contributed by atoms with Gasteiger partial charge in [0.25, 0.3) is 5.09 Å². The number of allylic oxidation sites excluding steroid dienone is 2. The van der Waals surface area contributed by atoms with Crippen molar-refractivity contribution in [3.05, 3.63) is 45.0 Å². The van der Waals surface area contributed by atoms with Crippen LogP contribution in [0.25, 0.3) is 0 Å². The number of aromatic hydroxyl groups is 1. The SMILES string of the molecule is CC1=CC[C@@H]2[C@@H](C1)c1c(O)cc(C(C)(C)CCCCCCO[N+](=O)[O-])cc1OC2(C)C. The second kappa shape index (κ2) is 9.09. The van der Waals surface area contributed by atoms with Crippen LogP contribution in [0.1, 0.15) is 96.6 Å². The topological polar surface area (TPSA) is 81.8 Å². The van der Waals surface area contributed by atoms with Crippen LogP contribution in [-0.4, -0.2) is 22.4 Å². The fraction of sp³-hybridized carbons (Fsp3) is 0.680. The molecule has 6 nitrogen and oxygen atoms in total. The highest BCUT2D eigenvalue weighted by atomic mass is 16.9. The summed E-state index contributed by atoms with van der Waals surface area (Å²) in [6.45, 7) is 11.1. The van der Waals surface area contributed by atoms with Crippen molar-refractivity contribution in [2.45, 2.75) is 96.5 Å². The van der Waals surface area contributed by atoms with Crippen molar-refractivity contribution in [3.8, 4) is 11.5 Å². The van der Waals surface area contributed by atoms with Gasteiger partial charge in [-0.1, -0.05) is 44.8 Å². The van der Waals surface area contributed by atoms with Gasteiger partial charge in [-0.2, -0.15) is 0 Å². The number of hydrogen-bond acceptors (Lipinski definition) is 5. The van der Waals surface area contributed by atoms with Gasteiger partial charge in [-0.15, -0.1) is 10.1 Å². The van der Waals surface area contributed by atoms with E-state index in [0.717, 1.165) is 55.4 Å². The van der Waals surface area contributed by atoms with Crippen LogP contribution in [0.5, 0.6) is 11.5 Å². The van der Waals surface area contributed by atoms with Gasteiger partial charge >= 0.3 is 0 Å². The van der Waals surface area contributed by atoms with Gasteiger partial charge in [0.05, 0.1) is 6.61 Å². The highest BCUT2D eigenvalue weighted by Gasteiger charge is 2.46. The number of unbranched alkanes of at least 4 members (excludes halogenated alkanes) is 3. The Balaban J connectivity index is 1.70. The van der Waals surface area contributed by atoms with E-state index < -0.39 is 5.09 Å². The van der Waals surface area contributed by atoms with Crippen LogP contribution in [0.15, 0.2) is 23.8 Å². The summed E-state index contributed by atoms with van der Waals surface area (Å²) >= 11 is 0. The second-order valence-electron chi connectivity index (χ2n) is 10.4. The number of hydrogen-bond donors (Lipinski definition) is 1. The normalized spacial score (nSPS) is 22.0. The minimum absolute atomic E-state index is 0.101. The maximum Gasteiger partial charge on any atom is 0.294 e. The summed E-state index contributed by atoms with van der Waals surface area (Å²) in [6, 6.07) is 4.09. The lowest BCUT2D eigenvalue weighted by Gasteiger charge is -2.47. The van der Waals surface area contributed by atoms with Crippen LogP contribution < -0.4 is 4.74 Å². The third-order valence-electron chi connectivity index (χ3n) is 7.18. The zero-order chi connectivity index (χ0) is 22.8. The predicted molar refractivity (Wildman–Crippen MR) is 121 cm³/mol. The fourth-order valence-electron chi connectivity index (χ4n) is 5.26. The molecule has 1 aliphatic heterocycles.